The lowest BCUT2D eigenvalue weighted by Crippen LogP contribution is -2.41. The first-order chi connectivity index (χ1) is 9.79. The largest absolute Gasteiger partial charge is 0.491 e. The minimum atomic E-state index is -0.398. The predicted molar refractivity (Wildman–Crippen MR) is 88.1 cm³/mol. The van der Waals surface area contributed by atoms with Crippen LogP contribution in [0.25, 0.3) is 6.08 Å². The summed E-state index contributed by atoms with van der Waals surface area (Å²) < 4.78 is 12.1. The molecule has 0 aromatic carbocycles. The van der Waals surface area contributed by atoms with Crippen LogP contribution in [-0.4, -0.2) is 34.2 Å². The van der Waals surface area contributed by atoms with E-state index in [0.29, 0.717) is 11.4 Å². The highest BCUT2D eigenvalue weighted by Crippen LogP contribution is 2.38. The van der Waals surface area contributed by atoms with Crippen LogP contribution in [-0.2, 0) is 15.9 Å². The number of rotatable bonds is 4. The van der Waals surface area contributed by atoms with E-state index >= 15 is 0 Å². The van der Waals surface area contributed by atoms with Crippen LogP contribution in [0.4, 0.5) is 0 Å². The number of hydrogen-bond acceptors (Lipinski definition) is 5. The van der Waals surface area contributed by atoms with Crippen LogP contribution in [0, 0.1) is 0 Å². The maximum absolute atomic E-state index is 9.01. The Labute approximate surface area is 132 Å². The first-order valence-corrected chi connectivity index (χ1v) is 7.65. The number of thiol groups is 1. The molecule has 0 amide bonds. The molecule has 0 spiro atoms. The standard InChI is InChI=1S/C15H22BNO3S/c1-14(2)15(3,4)20-16(19-14)12(10-21)7-11-5-6-13(9-18)17-8-11/h5-8,18,21H,9-10H2,1-4H3. The van der Waals surface area contributed by atoms with Crippen LogP contribution < -0.4 is 0 Å². The average Bonchev–Trinajstić information content (AvgIpc) is 2.65. The van der Waals surface area contributed by atoms with Crippen LogP contribution in [0.5, 0.6) is 0 Å². The van der Waals surface area contributed by atoms with Gasteiger partial charge in [-0.2, -0.15) is 12.6 Å². The summed E-state index contributed by atoms with van der Waals surface area (Å²) >= 11 is 4.38. The van der Waals surface area contributed by atoms with Gasteiger partial charge in [-0.25, -0.2) is 0 Å². The molecule has 2 rings (SSSR count). The van der Waals surface area contributed by atoms with E-state index in [1.807, 2.05) is 39.8 Å². The quantitative estimate of drug-likeness (QED) is 0.663. The Balaban J connectivity index is 2.22. The maximum atomic E-state index is 9.01. The average molecular weight is 307 g/mol. The van der Waals surface area contributed by atoms with E-state index in [-0.39, 0.29) is 17.8 Å². The zero-order valence-corrected chi connectivity index (χ0v) is 13.9. The van der Waals surface area contributed by atoms with Crippen molar-refractivity contribution in [1.82, 2.24) is 4.98 Å². The predicted octanol–water partition coefficient (Wildman–Crippen LogP) is 2.52. The van der Waals surface area contributed by atoms with Crippen molar-refractivity contribution < 1.29 is 14.4 Å². The second kappa shape index (κ2) is 6.12. The van der Waals surface area contributed by atoms with Gasteiger partial charge in [-0.3, -0.25) is 4.98 Å². The van der Waals surface area contributed by atoms with Crippen LogP contribution >= 0.6 is 12.6 Å². The molecule has 0 bridgehead atoms. The Bertz CT molecular complexity index is 512. The molecular weight excluding hydrogens is 285 g/mol. The van der Waals surface area contributed by atoms with Crippen molar-refractivity contribution >= 4 is 25.8 Å². The summed E-state index contributed by atoms with van der Waals surface area (Å²) in [7, 11) is -0.398. The van der Waals surface area contributed by atoms with E-state index in [9.17, 15) is 0 Å². The van der Waals surface area contributed by atoms with Crippen molar-refractivity contribution in [3.8, 4) is 0 Å². The van der Waals surface area contributed by atoms with Gasteiger partial charge in [-0.1, -0.05) is 12.1 Å². The van der Waals surface area contributed by atoms with Gasteiger partial charge >= 0.3 is 7.12 Å². The monoisotopic (exact) mass is 307 g/mol. The summed E-state index contributed by atoms with van der Waals surface area (Å²) in [6.07, 6.45) is 3.70. The van der Waals surface area contributed by atoms with E-state index in [2.05, 4.69) is 17.6 Å². The molecule has 0 atom stereocenters. The van der Waals surface area contributed by atoms with Gasteiger partial charge in [-0.05, 0) is 44.8 Å². The van der Waals surface area contributed by atoms with Gasteiger partial charge in [0.15, 0.2) is 0 Å². The lowest BCUT2D eigenvalue weighted by atomic mass is 9.78. The summed E-state index contributed by atoms with van der Waals surface area (Å²) in [4.78, 5) is 4.17. The summed E-state index contributed by atoms with van der Waals surface area (Å²) in [5, 5.41) is 9.01. The molecule has 0 saturated carbocycles. The van der Waals surface area contributed by atoms with Crippen molar-refractivity contribution in [1.29, 1.82) is 0 Å². The molecule has 1 aromatic heterocycles. The molecule has 114 valence electrons. The highest BCUT2D eigenvalue weighted by molar-refractivity contribution is 7.80. The fourth-order valence-corrected chi connectivity index (χ4v) is 2.25. The lowest BCUT2D eigenvalue weighted by molar-refractivity contribution is 0.00578. The molecule has 1 fully saturated rings. The molecular formula is C15H22BNO3S. The summed E-state index contributed by atoms with van der Waals surface area (Å²) in [6.45, 7) is 8.06. The molecule has 1 N–H and O–H groups in total. The number of pyridine rings is 1. The van der Waals surface area contributed by atoms with Gasteiger partial charge in [0.1, 0.15) is 0 Å². The third-order valence-electron chi connectivity index (χ3n) is 4.10. The number of aromatic nitrogens is 1. The molecule has 6 heteroatoms. The van der Waals surface area contributed by atoms with E-state index in [0.717, 1.165) is 11.0 Å². The van der Waals surface area contributed by atoms with Gasteiger partial charge in [0, 0.05) is 11.9 Å². The van der Waals surface area contributed by atoms with Gasteiger partial charge in [0.2, 0.25) is 0 Å². The normalized spacial score (nSPS) is 20.9. The Morgan fingerprint density at radius 1 is 1.29 bits per heavy atom. The number of aliphatic hydroxyl groups is 1. The van der Waals surface area contributed by atoms with Crippen molar-refractivity contribution in [2.45, 2.75) is 45.5 Å². The summed E-state index contributed by atoms with van der Waals surface area (Å²) in [5.74, 6) is 0.540. The summed E-state index contributed by atoms with van der Waals surface area (Å²) in [5.41, 5.74) is 1.81. The number of nitrogens with zero attached hydrogens (tertiary/aromatic N) is 1. The molecule has 2 heterocycles. The lowest BCUT2D eigenvalue weighted by Gasteiger charge is -2.32. The number of hydrogen-bond donors (Lipinski definition) is 2. The van der Waals surface area contributed by atoms with Gasteiger partial charge in [-0.15, -0.1) is 0 Å². The number of aliphatic hydroxyl groups excluding tert-OH is 1. The molecule has 1 aromatic rings. The molecule has 0 unspecified atom stereocenters. The summed E-state index contributed by atoms with van der Waals surface area (Å²) in [6, 6.07) is 3.71. The Morgan fingerprint density at radius 2 is 1.90 bits per heavy atom. The fourth-order valence-electron chi connectivity index (χ4n) is 2.01. The van der Waals surface area contributed by atoms with Gasteiger partial charge in [0.05, 0.1) is 23.5 Å². The van der Waals surface area contributed by atoms with E-state index in [1.54, 1.807) is 12.3 Å². The van der Waals surface area contributed by atoms with Crippen molar-refractivity contribution in [3.05, 3.63) is 35.1 Å². The zero-order chi connectivity index (χ0) is 15.7. The van der Waals surface area contributed by atoms with Crippen LogP contribution in [0.1, 0.15) is 39.0 Å². The SMILES string of the molecule is CC1(C)OB(C(=Cc2ccc(CO)nc2)CS)OC1(C)C. The van der Waals surface area contributed by atoms with E-state index < -0.39 is 7.12 Å². The van der Waals surface area contributed by atoms with Crippen molar-refractivity contribution in [3.63, 3.8) is 0 Å². The minimum absolute atomic E-state index is 0.0549. The maximum Gasteiger partial charge on any atom is 0.491 e. The van der Waals surface area contributed by atoms with Crippen molar-refractivity contribution in [2.75, 3.05) is 5.75 Å². The molecule has 1 saturated heterocycles. The van der Waals surface area contributed by atoms with E-state index in [4.69, 9.17) is 14.4 Å². The smallest absolute Gasteiger partial charge is 0.400 e. The first kappa shape index (κ1) is 16.6. The molecule has 4 nitrogen and oxygen atoms in total. The zero-order valence-electron chi connectivity index (χ0n) is 13.0. The highest BCUT2D eigenvalue weighted by atomic mass is 32.1. The van der Waals surface area contributed by atoms with Gasteiger partial charge in [0.25, 0.3) is 0 Å². The second-order valence-corrected chi connectivity index (χ2v) is 6.52. The Kier molecular flexibility index (Phi) is 4.83. The third kappa shape index (κ3) is 3.51. The Morgan fingerprint density at radius 3 is 2.33 bits per heavy atom. The van der Waals surface area contributed by atoms with Gasteiger partial charge < -0.3 is 14.4 Å². The Hall–Kier alpha value is -0.815. The molecule has 0 aliphatic carbocycles. The first-order valence-electron chi connectivity index (χ1n) is 7.02. The topological polar surface area (TPSA) is 51.6 Å². The third-order valence-corrected chi connectivity index (χ3v) is 4.47. The van der Waals surface area contributed by atoms with Crippen LogP contribution in [0.15, 0.2) is 23.8 Å². The minimum Gasteiger partial charge on any atom is -0.400 e. The van der Waals surface area contributed by atoms with Crippen molar-refractivity contribution in [2.24, 2.45) is 0 Å². The van der Waals surface area contributed by atoms with Crippen LogP contribution in [0.2, 0.25) is 0 Å². The fraction of sp³-hybridized carbons (Fsp3) is 0.533. The molecule has 0 radical (unpaired) electrons. The molecule has 1 aliphatic heterocycles. The van der Waals surface area contributed by atoms with E-state index in [1.165, 1.54) is 0 Å². The molecule has 21 heavy (non-hydrogen) atoms. The highest BCUT2D eigenvalue weighted by Gasteiger charge is 2.52. The molecule has 1 aliphatic rings. The van der Waals surface area contributed by atoms with Crippen LogP contribution in [0.3, 0.4) is 0 Å². The second-order valence-electron chi connectivity index (χ2n) is 6.21.